The van der Waals surface area contributed by atoms with Gasteiger partial charge in [0.2, 0.25) is 6.79 Å². The van der Waals surface area contributed by atoms with Crippen LogP contribution in [0.1, 0.15) is 36.1 Å². The van der Waals surface area contributed by atoms with E-state index in [-0.39, 0.29) is 18.7 Å². The number of carbonyl (C=O) groups excluding carboxylic acids is 1. The number of likely N-dealkylation sites (tertiary alicyclic amines) is 1. The number of para-hydroxylation sites is 1. The zero-order valence-corrected chi connectivity index (χ0v) is 18.6. The van der Waals surface area contributed by atoms with Crippen LogP contribution in [0.2, 0.25) is 0 Å². The van der Waals surface area contributed by atoms with Gasteiger partial charge in [0.15, 0.2) is 17.6 Å². The van der Waals surface area contributed by atoms with Crippen LogP contribution in [0.25, 0.3) is 0 Å². The fourth-order valence-corrected chi connectivity index (χ4v) is 4.60. The van der Waals surface area contributed by atoms with Gasteiger partial charge in [-0.05, 0) is 24.5 Å². The Bertz CT molecular complexity index is 1090. The Kier molecular flexibility index (Phi) is 6.28. The molecule has 0 spiro atoms. The summed E-state index contributed by atoms with van der Waals surface area (Å²) in [6, 6.07) is 17.6. The number of fused-ring (bicyclic) bond motifs is 1. The van der Waals surface area contributed by atoms with Crippen molar-refractivity contribution in [2.75, 3.05) is 32.3 Å². The van der Waals surface area contributed by atoms with Crippen molar-refractivity contribution in [1.29, 1.82) is 0 Å². The molecule has 1 saturated heterocycles. The minimum absolute atomic E-state index is 0.206. The van der Waals surface area contributed by atoms with Gasteiger partial charge in [-0.3, -0.25) is 9.69 Å². The summed E-state index contributed by atoms with van der Waals surface area (Å²) >= 11 is 0. The van der Waals surface area contributed by atoms with Gasteiger partial charge < -0.3 is 19.5 Å². The standard InChI is InChI=1S/C25H28N4O4/c1-31-24(18-6-3-2-4-7-18)25(30)27-22-10-13-26-29(22)20-11-14-28(15-12-20)16-19-8-5-9-21-23(19)33-17-32-21/h2-10,13,20,24H,11-12,14-17H2,1H3,(H,27,30)/t24-/m1/s1. The summed E-state index contributed by atoms with van der Waals surface area (Å²) in [4.78, 5) is 15.3. The van der Waals surface area contributed by atoms with Crippen molar-refractivity contribution in [3.8, 4) is 11.5 Å². The Hall–Kier alpha value is -3.36. The number of benzene rings is 2. The topological polar surface area (TPSA) is 77.9 Å². The van der Waals surface area contributed by atoms with Crippen molar-refractivity contribution in [3.05, 3.63) is 71.9 Å². The normalized spacial score (nSPS) is 17.1. The molecule has 1 aromatic heterocycles. The summed E-state index contributed by atoms with van der Waals surface area (Å²) in [5.41, 5.74) is 1.97. The minimum Gasteiger partial charge on any atom is -0.454 e. The molecule has 8 heteroatoms. The Morgan fingerprint density at radius 3 is 2.73 bits per heavy atom. The van der Waals surface area contributed by atoms with Gasteiger partial charge in [0.05, 0.1) is 12.2 Å². The van der Waals surface area contributed by atoms with Crippen LogP contribution in [0, 0.1) is 0 Å². The number of amides is 1. The molecule has 2 aliphatic rings. The van der Waals surface area contributed by atoms with Gasteiger partial charge in [-0.1, -0.05) is 42.5 Å². The maximum Gasteiger partial charge on any atom is 0.259 e. The van der Waals surface area contributed by atoms with Crippen LogP contribution < -0.4 is 14.8 Å². The van der Waals surface area contributed by atoms with Crippen LogP contribution >= 0.6 is 0 Å². The number of hydrogen-bond donors (Lipinski definition) is 1. The second-order valence-corrected chi connectivity index (χ2v) is 8.33. The van der Waals surface area contributed by atoms with Crippen LogP contribution in [0.4, 0.5) is 5.82 Å². The summed E-state index contributed by atoms with van der Waals surface area (Å²) in [6.45, 7) is 2.99. The molecule has 5 rings (SSSR count). The summed E-state index contributed by atoms with van der Waals surface area (Å²) in [6.07, 6.45) is 2.96. The number of rotatable bonds is 7. The van der Waals surface area contributed by atoms with Gasteiger partial charge in [-0.15, -0.1) is 0 Å². The third-order valence-corrected chi connectivity index (χ3v) is 6.27. The third kappa shape index (κ3) is 4.58. The van der Waals surface area contributed by atoms with Gasteiger partial charge >= 0.3 is 0 Å². The molecule has 0 unspecified atom stereocenters. The molecule has 1 amide bonds. The van der Waals surface area contributed by atoms with Crippen molar-refractivity contribution >= 4 is 11.7 Å². The highest BCUT2D eigenvalue weighted by atomic mass is 16.7. The predicted octanol–water partition coefficient (Wildman–Crippen LogP) is 3.78. The number of ether oxygens (including phenoxy) is 3. The van der Waals surface area contributed by atoms with E-state index in [2.05, 4.69) is 21.4 Å². The van der Waals surface area contributed by atoms with Crippen LogP contribution in [0.3, 0.4) is 0 Å². The van der Waals surface area contributed by atoms with E-state index in [4.69, 9.17) is 14.2 Å². The Labute approximate surface area is 193 Å². The fraction of sp³-hybridized carbons (Fsp3) is 0.360. The first kappa shape index (κ1) is 21.5. The van der Waals surface area contributed by atoms with Crippen molar-refractivity contribution in [3.63, 3.8) is 0 Å². The number of nitrogens with zero attached hydrogens (tertiary/aromatic N) is 3. The summed E-state index contributed by atoms with van der Waals surface area (Å²) in [7, 11) is 1.55. The maximum absolute atomic E-state index is 12.9. The number of aromatic nitrogens is 2. The summed E-state index contributed by atoms with van der Waals surface area (Å²) < 4.78 is 18.5. The second kappa shape index (κ2) is 9.64. The second-order valence-electron chi connectivity index (χ2n) is 8.33. The van der Waals surface area contributed by atoms with E-state index in [1.807, 2.05) is 53.2 Å². The van der Waals surface area contributed by atoms with Crippen LogP contribution in [-0.2, 0) is 16.1 Å². The van der Waals surface area contributed by atoms with E-state index < -0.39 is 6.10 Å². The zero-order chi connectivity index (χ0) is 22.6. The van der Waals surface area contributed by atoms with Gasteiger partial charge in [-0.25, -0.2) is 4.68 Å². The quantitative estimate of drug-likeness (QED) is 0.593. The highest BCUT2D eigenvalue weighted by Crippen LogP contribution is 2.36. The van der Waals surface area contributed by atoms with Crippen molar-refractivity contribution in [1.82, 2.24) is 14.7 Å². The molecule has 1 atom stereocenters. The first-order chi connectivity index (χ1) is 16.2. The number of anilines is 1. The Balaban J connectivity index is 1.21. The molecule has 2 aromatic carbocycles. The molecule has 1 fully saturated rings. The van der Waals surface area contributed by atoms with Crippen molar-refractivity contribution in [2.24, 2.45) is 0 Å². The highest BCUT2D eigenvalue weighted by Gasteiger charge is 2.27. The number of hydrogen-bond acceptors (Lipinski definition) is 6. The minimum atomic E-state index is -0.671. The van der Waals surface area contributed by atoms with E-state index >= 15 is 0 Å². The molecule has 8 nitrogen and oxygen atoms in total. The average Bonchev–Trinajstić information content (AvgIpc) is 3.51. The van der Waals surface area contributed by atoms with Crippen LogP contribution in [0.15, 0.2) is 60.8 Å². The fourth-order valence-electron chi connectivity index (χ4n) is 4.60. The third-order valence-electron chi connectivity index (χ3n) is 6.27. The Morgan fingerprint density at radius 2 is 1.94 bits per heavy atom. The molecular weight excluding hydrogens is 420 g/mol. The van der Waals surface area contributed by atoms with Gasteiger partial charge in [0.25, 0.3) is 5.91 Å². The number of carbonyl (C=O) groups is 1. The molecule has 0 radical (unpaired) electrons. The lowest BCUT2D eigenvalue weighted by atomic mass is 10.0. The molecule has 0 bridgehead atoms. The molecule has 0 aliphatic carbocycles. The van der Waals surface area contributed by atoms with E-state index in [9.17, 15) is 4.79 Å². The van der Waals surface area contributed by atoms with Crippen molar-refractivity contribution in [2.45, 2.75) is 31.5 Å². The molecule has 1 N–H and O–H groups in total. The van der Waals surface area contributed by atoms with E-state index in [1.54, 1.807) is 13.3 Å². The number of piperidine rings is 1. The smallest absolute Gasteiger partial charge is 0.259 e. The Morgan fingerprint density at radius 1 is 1.12 bits per heavy atom. The lowest BCUT2D eigenvalue weighted by Gasteiger charge is -2.33. The SMILES string of the molecule is CO[C@@H](C(=O)Nc1ccnn1C1CCN(Cc2cccc3c2OCO3)CC1)c1ccccc1. The lowest BCUT2D eigenvalue weighted by molar-refractivity contribution is -0.126. The maximum atomic E-state index is 12.9. The van der Waals surface area contributed by atoms with Gasteiger partial charge in [-0.2, -0.15) is 5.10 Å². The molecule has 3 heterocycles. The molecule has 33 heavy (non-hydrogen) atoms. The van der Waals surface area contributed by atoms with Gasteiger partial charge in [0, 0.05) is 38.4 Å². The monoisotopic (exact) mass is 448 g/mol. The van der Waals surface area contributed by atoms with E-state index in [1.165, 1.54) is 0 Å². The molecular formula is C25H28N4O4. The molecule has 0 saturated carbocycles. The highest BCUT2D eigenvalue weighted by molar-refractivity contribution is 5.94. The molecule has 3 aromatic rings. The van der Waals surface area contributed by atoms with E-state index in [0.717, 1.165) is 55.1 Å². The van der Waals surface area contributed by atoms with E-state index in [0.29, 0.717) is 5.82 Å². The predicted molar refractivity (Wildman–Crippen MR) is 123 cm³/mol. The molecule has 2 aliphatic heterocycles. The average molecular weight is 449 g/mol. The first-order valence-electron chi connectivity index (χ1n) is 11.2. The van der Waals surface area contributed by atoms with Crippen LogP contribution in [-0.4, -0.2) is 47.6 Å². The summed E-state index contributed by atoms with van der Waals surface area (Å²) in [5, 5.41) is 7.52. The lowest BCUT2D eigenvalue weighted by Crippen LogP contribution is -2.35. The van der Waals surface area contributed by atoms with Gasteiger partial charge in [0.1, 0.15) is 5.82 Å². The largest absolute Gasteiger partial charge is 0.454 e. The number of methoxy groups -OCH3 is 1. The first-order valence-corrected chi connectivity index (χ1v) is 11.2. The zero-order valence-electron chi connectivity index (χ0n) is 18.6. The summed E-state index contributed by atoms with van der Waals surface area (Å²) in [5.74, 6) is 2.18. The van der Waals surface area contributed by atoms with Crippen LogP contribution in [0.5, 0.6) is 11.5 Å². The van der Waals surface area contributed by atoms with Crippen molar-refractivity contribution < 1.29 is 19.0 Å². The molecule has 172 valence electrons. The number of nitrogens with one attached hydrogen (secondary N) is 1.